The molecule has 92 valence electrons. The van der Waals surface area contributed by atoms with Crippen molar-refractivity contribution in [2.75, 3.05) is 26.3 Å². The minimum Gasteiger partial charge on any atom is -0.378 e. The van der Waals surface area contributed by atoms with Gasteiger partial charge in [0, 0.05) is 19.6 Å². The third-order valence-corrected chi connectivity index (χ3v) is 3.79. The summed E-state index contributed by atoms with van der Waals surface area (Å²) in [6.07, 6.45) is 0. The van der Waals surface area contributed by atoms with Crippen LogP contribution in [0.1, 0.15) is 29.7 Å². The van der Waals surface area contributed by atoms with Crippen molar-refractivity contribution >= 4 is 0 Å². The van der Waals surface area contributed by atoms with Crippen LogP contribution in [-0.2, 0) is 17.8 Å². The average molecular weight is 232 g/mol. The molecule has 2 aliphatic rings. The van der Waals surface area contributed by atoms with Gasteiger partial charge in [0.1, 0.15) is 0 Å². The topological polar surface area (TPSA) is 24.5 Å². The second kappa shape index (κ2) is 4.77. The molecule has 1 N–H and O–H groups in total. The maximum absolute atomic E-state index is 5.53. The predicted octanol–water partition coefficient (Wildman–Crippen LogP) is 1.68. The highest BCUT2D eigenvalue weighted by Gasteiger charge is 2.20. The third-order valence-electron chi connectivity index (χ3n) is 3.79. The quantitative estimate of drug-likeness (QED) is 0.839. The summed E-state index contributed by atoms with van der Waals surface area (Å²) in [4.78, 5) is 2.47. The Morgan fingerprint density at radius 2 is 2.24 bits per heavy atom. The Kier molecular flexibility index (Phi) is 3.14. The van der Waals surface area contributed by atoms with Crippen LogP contribution >= 0.6 is 0 Å². The zero-order valence-electron chi connectivity index (χ0n) is 10.4. The van der Waals surface area contributed by atoms with Gasteiger partial charge in [-0.3, -0.25) is 4.90 Å². The van der Waals surface area contributed by atoms with E-state index in [1.807, 2.05) is 0 Å². The average Bonchev–Trinajstić information content (AvgIpc) is 2.81. The fourth-order valence-corrected chi connectivity index (χ4v) is 2.70. The van der Waals surface area contributed by atoms with Gasteiger partial charge in [0.15, 0.2) is 0 Å². The summed E-state index contributed by atoms with van der Waals surface area (Å²) in [5.41, 5.74) is 4.37. The molecule has 0 aliphatic carbocycles. The SMILES string of the molecule is CCN1Cc2ccc(C3COCCN3)cc2C1. The summed E-state index contributed by atoms with van der Waals surface area (Å²) in [6, 6.07) is 7.28. The summed E-state index contributed by atoms with van der Waals surface area (Å²) < 4.78 is 5.53. The molecule has 1 aromatic rings. The first-order valence-electron chi connectivity index (χ1n) is 6.52. The number of hydrogen-bond acceptors (Lipinski definition) is 3. The molecule has 1 saturated heterocycles. The van der Waals surface area contributed by atoms with E-state index < -0.39 is 0 Å². The molecule has 3 rings (SSSR count). The molecular weight excluding hydrogens is 212 g/mol. The third kappa shape index (κ3) is 2.23. The molecule has 17 heavy (non-hydrogen) atoms. The number of benzene rings is 1. The van der Waals surface area contributed by atoms with Gasteiger partial charge in [-0.05, 0) is 23.2 Å². The Hall–Kier alpha value is -0.900. The predicted molar refractivity (Wildman–Crippen MR) is 67.8 cm³/mol. The Labute approximate surface area is 103 Å². The van der Waals surface area contributed by atoms with E-state index in [1.54, 1.807) is 0 Å². The Morgan fingerprint density at radius 3 is 3.00 bits per heavy atom. The van der Waals surface area contributed by atoms with E-state index in [4.69, 9.17) is 4.74 Å². The minimum absolute atomic E-state index is 0.379. The Balaban J connectivity index is 1.80. The molecule has 2 heterocycles. The Morgan fingerprint density at radius 1 is 1.35 bits per heavy atom. The van der Waals surface area contributed by atoms with E-state index in [0.29, 0.717) is 6.04 Å². The minimum atomic E-state index is 0.379. The lowest BCUT2D eigenvalue weighted by Gasteiger charge is -2.24. The summed E-state index contributed by atoms with van der Waals surface area (Å²) in [5, 5.41) is 3.51. The molecular formula is C14H20N2O. The Bertz CT molecular complexity index is 399. The standard InChI is InChI=1S/C14H20N2O/c1-2-16-8-12-4-3-11(7-13(12)9-16)14-10-17-6-5-15-14/h3-4,7,14-15H,2,5-6,8-10H2,1H3. The van der Waals surface area contributed by atoms with E-state index in [-0.39, 0.29) is 0 Å². The molecule has 0 aromatic heterocycles. The van der Waals surface area contributed by atoms with Crippen molar-refractivity contribution in [2.24, 2.45) is 0 Å². The van der Waals surface area contributed by atoms with Crippen LogP contribution in [0.4, 0.5) is 0 Å². The zero-order valence-corrected chi connectivity index (χ0v) is 10.4. The molecule has 0 spiro atoms. The van der Waals surface area contributed by atoms with Gasteiger partial charge >= 0.3 is 0 Å². The molecule has 1 aromatic carbocycles. The van der Waals surface area contributed by atoms with Crippen molar-refractivity contribution in [1.82, 2.24) is 10.2 Å². The van der Waals surface area contributed by atoms with Crippen LogP contribution in [0.15, 0.2) is 18.2 Å². The number of nitrogens with one attached hydrogen (secondary N) is 1. The van der Waals surface area contributed by atoms with Crippen molar-refractivity contribution in [1.29, 1.82) is 0 Å². The first-order valence-corrected chi connectivity index (χ1v) is 6.52. The number of morpholine rings is 1. The summed E-state index contributed by atoms with van der Waals surface area (Å²) in [7, 11) is 0. The van der Waals surface area contributed by atoms with Gasteiger partial charge in [-0.2, -0.15) is 0 Å². The van der Waals surface area contributed by atoms with Gasteiger partial charge in [-0.25, -0.2) is 0 Å². The first-order chi connectivity index (χ1) is 8.36. The van der Waals surface area contributed by atoms with Crippen LogP contribution in [0.2, 0.25) is 0 Å². The number of rotatable bonds is 2. The smallest absolute Gasteiger partial charge is 0.0662 e. The highest BCUT2D eigenvalue weighted by Crippen LogP contribution is 2.26. The molecule has 1 fully saturated rings. The van der Waals surface area contributed by atoms with Crippen molar-refractivity contribution in [2.45, 2.75) is 26.1 Å². The molecule has 0 saturated carbocycles. The van der Waals surface area contributed by atoms with E-state index >= 15 is 0 Å². The monoisotopic (exact) mass is 232 g/mol. The molecule has 1 unspecified atom stereocenters. The number of fused-ring (bicyclic) bond motifs is 1. The largest absolute Gasteiger partial charge is 0.378 e. The maximum Gasteiger partial charge on any atom is 0.0662 e. The number of hydrogen-bond donors (Lipinski definition) is 1. The summed E-state index contributed by atoms with van der Waals surface area (Å²) in [6.45, 7) is 8.18. The highest BCUT2D eigenvalue weighted by atomic mass is 16.5. The van der Waals surface area contributed by atoms with Crippen LogP contribution in [0.25, 0.3) is 0 Å². The van der Waals surface area contributed by atoms with Crippen LogP contribution in [-0.4, -0.2) is 31.2 Å². The van der Waals surface area contributed by atoms with Gasteiger partial charge in [0.2, 0.25) is 0 Å². The van der Waals surface area contributed by atoms with E-state index in [0.717, 1.165) is 39.4 Å². The van der Waals surface area contributed by atoms with Crippen molar-refractivity contribution in [3.8, 4) is 0 Å². The summed E-state index contributed by atoms with van der Waals surface area (Å²) in [5.74, 6) is 0. The molecule has 3 heteroatoms. The maximum atomic E-state index is 5.53. The molecule has 0 bridgehead atoms. The van der Waals surface area contributed by atoms with E-state index in [2.05, 4.69) is 35.3 Å². The fraction of sp³-hybridized carbons (Fsp3) is 0.571. The fourth-order valence-electron chi connectivity index (χ4n) is 2.70. The number of nitrogens with zero attached hydrogens (tertiary/aromatic N) is 1. The molecule has 0 radical (unpaired) electrons. The number of ether oxygens (including phenoxy) is 1. The van der Waals surface area contributed by atoms with Crippen LogP contribution in [0.5, 0.6) is 0 Å². The lowest BCUT2D eigenvalue weighted by atomic mass is 10.0. The van der Waals surface area contributed by atoms with Crippen molar-refractivity contribution in [3.63, 3.8) is 0 Å². The lowest BCUT2D eigenvalue weighted by molar-refractivity contribution is 0.0768. The van der Waals surface area contributed by atoms with Gasteiger partial charge in [-0.15, -0.1) is 0 Å². The van der Waals surface area contributed by atoms with E-state index in [9.17, 15) is 0 Å². The summed E-state index contributed by atoms with van der Waals surface area (Å²) >= 11 is 0. The van der Waals surface area contributed by atoms with Gasteiger partial charge < -0.3 is 10.1 Å². The van der Waals surface area contributed by atoms with Crippen LogP contribution < -0.4 is 5.32 Å². The van der Waals surface area contributed by atoms with Crippen molar-refractivity contribution in [3.05, 3.63) is 34.9 Å². The molecule has 1 atom stereocenters. The van der Waals surface area contributed by atoms with Crippen LogP contribution in [0, 0.1) is 0 Å². The van der Waals surface area contributed by atoms with Gasteiger partial charge in [0.25, 0.3) is 0 Å². The van der Waals surface area contributed by atoms with Gasteiger partial charge in [-0.1, -0.05) is 25.1 Å². The zero-order chi connectivity index (χ0) is 11.7. The molecule has 2 aliphatic heterocycles. The lowest BCUT2D eigenvalue weighted by Crippen LogP contribution is -2.34. The highest BCUT2D eigenvalue weighted by molar-refractivity contribution is 5.36. The normalized spacial score (nSPS) is 24.9. The second-order valence-electron chi connectivity index (χ2n) is 4.91. The van der Waals surface area contributed by atoms with Crippen molar-refractivity contribution < 1.29 is 4.74 Å². The molecule has 3 nitrogen and oxygen atoms in total. The van der Waals surface area contributed by atoms with Crippen LogP contribution in [0.3, 0.4) is 0 Å². The second-order valence-corrected chi connectivity index (χ2v) is 4.91. The molecule has 0 amide bonds. The first kappa shape index (κ1) is 11.2. The van der Waals surface area contributed by atoms with Gasteiger partial charge in [0.05, 0.1) is 19.3 Å². The van der Waals surface area contributed by atoms with E-state index in [1.165, 1.54) is 16.7 Å².